The van der Waals surface area contributed by atoms with E-state index in [1.807, 2.05) is 27.7 Å². The second-order valence-corrected chi connectivity index (χ2v) is 12.7. The molecule has 206 valence electrons. The van der Waals surface area contributed by atoms with Crippen LogP contribution in [-0.4, -0.2) is 57.1 Å². The number of alkyl halides is 3. The summed E-state index contributed by atoms with van der Waals surface area (Å²) < 4.78 is 58.4. The van der Waals surface area contributed by atoms with E-state index in [9.17, 15) is 18.0 Å². The Kier molecular flexibility index (Phi) is 6.22. The summed E-state index contributed by atoms with van der Waals surface area (Å²) in [6, 6.07) is 6.63. The Bertz CT molecular complexity index is 1200. The number of carbonyl (C=O) groups is 1. The Hall–Kier alpha value is -2.53. The lowest BCUT2D eigenvalue weighted by atomic mass is 9.78. The van der Waals surface area contributed by atoms with Crippen molar-refractivity contribution in [3.8, 4) is 11.3 Å². The van der Waals surface area contributed by atoms with Crippen LogP contribution in [0, 0.1) is 5.92 Å². The zero-order valence-electron chi connectivity index (χ0n) is 22.9. The number of fused-ring (bicyclic) bond motifs is 1. The maximum Gasteiger partial charge on any atom is 0.494 e. The van der Waals surface area contributed by atoms with Crippen LogP contribution in [0.3, 0.4) is 0 Å². The molecule has 3 aliphatic rings. The normalized spacial score (nSPS) is 26.0. The van der Waals surface area contributed by atoms with E-state index in [0.717, 1.165) is 11.9 Å². The number of hydrogen-bond donors (Lipinski definition) is 1. The Balaban J connectivity index is 1.44. The van der Waals surface area contributed by atoms with Gasteiger partial charge in [-0.1, -0.05) is 24.3 Å². The number of aromatic nitrogens is 2. The number of nitrogens with zero attached hydrogens (tertiary/aromatic N) is 2. The number of amides is 1. The molecule has 0 radical (unpaired) electrons. The van der Waals surface area contributed by atoms with Crippen LogP contribution in [0.1, 0.15) is 78.9 Å². The number of ether oxygens (including phenoxy) is 1. The van der Waals surface area contributed by atoms with Crippen LogP contribution in [0.5, 0.6) is 0 Å². The molecule has 1 amide bonds. The highest BCUT2D eigenvalue weighted by molar-refractivity contribution is 6.62. The van der Waals surface area contributed by atoms with Gasteiger partial charge in [0.05, 0.1) is 35.1 Å². The van der Waals surface area contributed by atoms with Gasteiger partial charge in [0.2, 0.25) is 0 Å². The molecule has 1 aromatic heterocycles. The van der Waals surface area contributed by atoms with Gasteiger partial charge in [0, 0.05) is 11.6 Å². The summed E-state index contributed by atoms with van der Waals surface area (Å²) in [5.41, 5.74) is -0.178. The van der Waals surface area contributed by atoms with Gasteiger partial charge < -0.3 is 19.0 Å². The molecule has 1 N–H and O–H groups in total. The van der Waals surface area contributed by atoms with Gasteiger partial charge in [-0.05, 0) is 72.7 Å². The topological polar surface area (TPSA) is 76.7 Å². The highest BCUT2D eigenvalue weighted by Crippen LogP contribution is 2.53. The van der Waals surface area contributed by atoms with E-state index in [-0.39, 0.29) is 17.4 Å². The van der Waals surface area contributed by atoms with Crippen molar-refractivity contribution in [2.45, 2.75) is 103 Å². The van der Waals surface area contributed by atoms with Crippen LogP contribution in [0.15, 0.2) is 24.3 Å². The van der Waals surface area contributed by atoms with E-state index < -0.39 is 48.7 Å². The average Bonchev–Trinajstić information content (AvgIpc) is 3.13. The minimum Gasteiger partial charge on any atom is -0.444 e. The second kappa shape index (κ2) is 8.74. The van der Waals surface area contributed by atoms with Crippen molar-refractivity contribution in [3.63, 3.8) is 0 Å². The third kappa shape index (κ3) is 5.19. The van der Waals surface area contributed by atoms with Gasteiger partial charge in [-0.2, -0.15) is 13.2 Å². The average molecular weight is 533 g/mol. The summed E-state index contributed by atoms with van der Waals surface area (Å²) in [5.74, 6) is 0.665. The predicted octanol–water partition coefficient (Wildman–Crippen LogP) is 5.55. The fraction of sp³-hybridized carbons (Fsp3) is 0.630. The molecule has 1 aliphatic carbocycles. The Morgan fingerprint density at radius 1 is 1.11 bits per heavy atom. The first kappa shape index (κ1) is 27.1. The second-order valence-electron chi connectivity index (χ2n) is 12.7. The molecule has 11 heteroatoms. The Morgan fingerprint density at radius 2 is 1.71 bits per heavy atom. The number of imidazole rings is 1. The first-order chi connectivity index (χ1) is 17.4. The number of H-pyrrole nitrogens is 1. The van der Waals surface area contributed by atoms with Crippen molar-refractivity contribution in [1.29, 1.82) is 0 Å². The van der Waals surface area contributed by atoms with Crippen LogP contribution >= 0.6 is 0 Å². The standard InChI is InChI=1S/C27H35BF3N3O4/c1-24(2,3)36-23(35)34-19-12-16(19)13-20(34)22-32-18(14-27(29,30)31)21(33-22)15-8-10-17(11-9-15)28-37-25(4,5)26(6,7)38-28/h8-11,16,19-20H,12-14H2,1-7H3,(H,32,33)/t16-,19-,20+/m1/s1. The van der Waals surface area contributed by atoms with E-state index in [2.05, 4.69) is 9.97 Å². The van der Waals surface area contributed by atoms with E-state index in [1.54, 1.807) is 49.9 Å². The van der Waals surface area contributed by atoms with Crippen molar-refractivity contribution in [1.82, 2.24) is 14.9 Å². The van der Waals surface area contributed by atoms with Gasteiger partial charge in [0.1, 0.15) is 11.4 Å². The van der Waals surface area contributed by atoms with Crippen LogP contribution in [0.4, 0.5) is 18.0 Å². The first-order valence-electron chi connectivity index (χ1n) is 13.1. The molecule has 0 bridgehead atoms. The maximum absolute atomic E-state index is 13.5. The number of likely N-dealkylation sites (tertiary alicyclic amines) is 1. The molecule has 2 saturated heterocycles. The number of halogens is 3. The van der Waals surface area contributed by atoms with Crippen molar-refractivity contribution in [3.05, 3.63) is 35.8 Å². The molecule has 0 spiro atoms. The minimum absolute atomic E-state index is 0.0272. The van der Waals surface area contributed by atoms with Crippen LogP contribution in [0.2, 0.25) is 0 Å². The molecular formula is C27H35BF3N3O4. The smallest absolute Gasteiger partial charge is 0.444 e. The number of piperidine rings is 1. The van der Waals surface area contributed by atoms with E-state index in [4.69, 9.17) is 14.0 Å². The van der Waals surface area contributed by atoms with Crippen molar-refractivity contribution < 1.29 is 32.0 Å². The quantitative estimate of drug-likeness (QED) is 0.522. The summed E-state index contributed by atoms with van der Waals surface area (Å²) in [6.07, 6.45) is -4.53. The molecule has 2 aromatic rings. The molecule has 1 aromatic carbocycles. The zero-order valence-corrected chi connectivity index (χ0v) is 22.9. The number of aromatic amines is 1. The van der Waals surface area contributed by atoms with Crippen LogP contribution in [-0.2, 0) is 20.5 Å². The number of carbonyl (C=O) groups excluding carboxylic acids is 1. The number of benzene rings is 1. The molecular weight excluding hydrogens is 498 g/mol. The first-order valence-corrected chi connectivity index (χ1v) is 13.1. The molecule has 3 fully saturated rings. The fourth-order valence-corrected chi connectivity index (χ4v) is 5.21. The monoisotopic (exact) mass is 533 g/mol. The lowest BCUT2D eigenvalue weighted by Gasteiger charge is -2.32. The number of hydrogen-bond acceptors (Lipinski definition) is 5. The SMILES string of the molecule is CC(C)(C)OC(=O)N1[C@@H]2C[C@@H]2C[C@H]1c1nc(-c2ccc(B3OC(C)(C)C(C)(C)O3)cc2)c(CC(F)(F)F)[nH]1. The molecule has 5 rings (SSSR count). The Morgan fingerprint density at radius 3 is 2.26 bits per heavy atom. The summed E-state index contributed by atoms with van der Waals surface area (Å²) in [5, 5.41) is 0. The summed E-state index contributed by atoms with van der Waals surface area (Å²) >= 11 is 0. The van der Waals surface area contributed by atoms with Gasteiger partial charge in [0.15, 0.2) is 0 Å². The molecule has 3 atom stereocenters. The predicted molar refractivity (Wildman–Crippen MR) is 137 cm³/mol. The Labute approximate surface area is 221 Å². The molecule has 38 heavy (non-hydrogen) atoms. The van der Waals surface area contributed by atoms with E-state index in [1.165, 1.54) is 0 Å². The van der Waals surface area contributed by atoms with E-state index in [0.29, 0.717) is 23.7 Å². The molecule has 1 saturated carbocycles. The maximum atomic E-state index is 13.5. The minimum atomic E-state index is -4.43. The third-order valence-electron chi connectivity index (χ3n) is 7.91. The zero-order chi connectivity index (χ0) is 27.8. The highest BCUT2D eigenvalue weighted by atomic mass is 19.4. The van der Waals surface area contributed by atoms with Crippen LogP contribution < -0.4 is 5.46 Å². The summed E-state index contributed by atoms with van der Waals surface area (Å²) in [4.78, 5) is 22.2. The van der Waals surface area contributed by atoms with Crippen molar-refractivity contribution in [2.24, 2.45) is 5.92 Å². The van der Waals surface area contributed by atoms with E-state index >= 15 is 0 Å². The van der Waals surface area contributed by atoms with Gasteiger partial charge >= 0.3 is 19.4 Å². The number of rotatable bonds is 4. The van der Waals surface area contributed by atoms with Gasteiger partial charge in [-0.3, -0.25) is 4.90 Å². The van der Waals surface area contributed by atoms with Gasteiger partial charge in [-0.25, -0.2) is 9.78 Å². The van der Waals surface area contributed by atoms with Crippen molar-refractivity contribution >= 4 is 18.7 Å². The fourth-order valence-electron chi connectivity index (χ4n) is 5.21. The van der Waals surface area contributed by atoms with Crippen LogP contribution in [0.25, 0.3) is 11.3 Å². The molecule has 3 heterocycles. The summed E-state index contributed by atoms with van der Waals surface area (Å²) in [6.45, 7) is 13.2. The third-order valence-corrected chi connectivity index (χ3v) is 7.91. The van der Waals surface area contributed by atoms with Gasteiger partial charge in [0.25, 0.3) is 0 Å². The lowest BCUT2D eigenvalue weighted by molar-refractivity contribution is -0.127. The molecule has 7 nitrogen and oxygen atoms in total. The molecule has 2 aliphatic heterocycles. The number of nitrogens with one attached hydrogen (secondary N) is 1. The van der Waals surface area contributed by atoms with Gasteiger partial charge in [-0.15, -0.1) is 0 Å². The largest absolute Gasteiger partial charge is 0.494 e. The molecule has 0 unspecified atom stereocenters. The highest BCUT2D eigenvalue weighted by Gasteiger charge is 2.56. The van der Waals surface area contributed by atoms with Crippen molar-refractivity contribution in [2.75, 3.05) is 0 Å². The summed E-state index contributed by atoms with van der Waals surface area (Å²) in [7, 11) is -0.578. The lowest BCUT2D eigenvalue weighted by Crippen LogP contribution is -2.41.